The molecule has 0 heterocycles. The third-order valence-corrected chi connectivity index (χ3v) is 4.47. The first-order valence-electron chi connectivity index (χ1n) is 7.62. The van der Waals surface area contributed by atoms with Crippen LogP contribution >= 0.6 is 23.2 Å². The number of benzene rings is 2. The average Bonchev–Trinajstić information content (AvgIpc) is 2.60. The van der Waals surface area contributed by atoms with E-state index in [2.05, 4.69) is 0 Å². The van der Waals surface area contributed by atoms with E-state index in [0.717, 1.165) is 0 Å². The van der Waals surface area contributed by atoms with Crippen molar-refractivity contribution >= 4 is 40.6 Å². The lowest BCUT2D eigenvalue weighted by atomic mass is 9.92. The van der Waals surface area contributed by atoms with Gasteiger partial charge < -0.3 is 4.74 Å². The molecule has 0 saturated carbocycles. The minimum atomic E-state index is -0.763. The standard InChI is InChI=1S/C18H15Cl2NO5/c1-26-18(23)12(9-11-5-7-13(8-6-11)21(24)25)10-16(22)17-14(19)3-2-4-15(17)20/h2-8,12H,9-10H2,1H3/t12-/m1/s1. The van der Waals surface area contributed by atoms with Crippen molar-refractivity contribution in [2.24, 2.45) is 5.92 Å². The van der Waals surface area contributed by atoms with Crippen LogP contribution in [0.15, 0.2) is 42.5 Å². The molecule has 1 atom stereocenters. The van der Waals surface area contributed by atoms with Crippen LogP contribution in [0.5, 0.6) is 0 Å². The molecule has 26 heavy (non-hydrogen) atoms. The first-order chi connectivity index (χ1) is 12.3. The van der Waals surface area contributed by atoms with Crippen LogP contribution < -0.4 is 0 Å². The second kappa shape index (κ2) is 8.78. The van der Waals surface area contributed by atoms with Gasteiger partial charge in [-0.05, 0) is 24.1 Å². The Morgan fingerprint density at radius 1 is 1.12 bits per heavy atom. The van der Waals surface area contributed by atoms with Gasteiger partial charge in [-0.2, -0.15) is 0 Å². The van der Waals surface area contributed by atoms with Crippen molar-refractivity contribution in [3.05, 3.63) is 73.8 Å². The van der Waals surface area contributed by atoms with Crippen molar-refractivity contribution in [2.45, 2.75) is 12.8 Å². The number of Topliss-reactive ketones (excluding diaryl/α,β-unsaturated/α-hetero) is 1. The highest BCUT2D eigenvalue weighted by molar-refractivity contribution is 6.39. The van der Waals surface area contributed by atoms with Gasteiger partial charge in [0.25, 0.3) is 5.69 Å². The van der Waals surface area contributed by atoms with Crippen LogP contribution in [0, 0.1) is 16.0 Å². The van der Waals surface area contributed by atoms with Gasteiger partial charge in [-0.3, -0.25) is 19.7 Å². The van der Waals surface area contributed by atoms with Gasteiger partial charge in [0.15, 0.2) is 5.78 Å². The predicted octanol–water partition coefficient (Wildman–Crippen LogP) is 4.51. The molecule has 0 aliphatic rings. The molecule has 2 rings (SSSR count). The first kappa shape index (κ1) is 19.9. The largest absolute Gasteiger partial charge is 0.469 e. The second-order valence-electron chi connectivity index (χ2n) is 5.57. The van der Waals surface area contributed by atoms with Gasteiger partial charge in [0.2, 0.25) is 0 Å². The highest BCUT2D eigenvalue weighted by Crippen LogP contribution is 2.28. The molecule has 0 bridgehead atoms. The summed E-state index contributed by atoms with van der Waals surface area (Å²) in [6, 6.07) is 10.5. The average molecular weight is 396 g/mol. The molecule has 0 N–H and O–H groups in total. The van der Waals surface area contributed by atoms with Crippen molar-refractivity contribution in [3.63, 3.8) is 0 Å². The van der Waals surface area contributed by atoms with E-state index in [9.17, 15) is 19.7 Å². The van der Waals surface area contributed by atoms with E-state index in [0.29, 0.717) is 5.56 Å². The summed E-state index contributed by atoms with van der Waals surface area (Å²) in [5.74, 6) is -1.70. The van der Waals surface area contributed by atoms with E-state index in [4.69, 9.17) is 27.9 Å². The number of nitrogens with zero attached hydrogens (tertiary/aromatic N) is 1. The minimum absolute atomic E-state index is 0.0534. The highest BCUT2D eigenvalue weighted by atomic mass is 35.5. The topological polar surface area (TPSA) is 86.5 Å². The fourth-order valence-electron chi connectivity index (χ4n) is 2.53. The number of carbonyl (C=O) groups is 2. The summed E-state index contributed by atoms with van der Waals surface area (Å²) in [7, 11) is 1.23. The highest BCUT2D eigenvalue weighted by Gasteiger charge is 2.26. The zero-order valence-electron chi connectivity index (χ0n) is 13.8. The van der Waals surface area contributed by atoms with Crippen molar-refractivity contribution in [3.8, 4) is 0 Å². The molecule has 2 aromatic carbocycles. The van der Waals surface area contributed by atoms with Gasteiger partial charge in [-0.15, -0.1) is 0 Å². The SMILES string of the molecule is COC(=O)[C@@H](CC(=O)c1c(Cl)cccc1Cl)Cc1ccc([N+](=O)[O-])cc1. The number of ketones is 1. The Labute approximate surface area is 159 Å². The monoisotopic (exact) mass is 395 g/mol. The van der Waals surface area contributed by atoms with Gasteiger partial charge in [-0.25, -0.2) is 0 Å². The summed E-state index contributed by atoms with van der Waals surface area (Å²) in [6.07, 6.45) is 0.0472. The third kappa shape index (κ3) is 4.80. The molecule has 0 spiro atoms. The summed E-state index contributed by atoms with van der Waals surface area (Å²) in [6.45, 7) is 0. The molecule has 0 radical (unpaired) electrons. The van der Waals surface area contributed by atoms with Crippen molar-refractivity contribution in [1.82, 2.24) is 0 Å². The Hall–Kier alpha value is -2.44. The molecule has 0 aliphatic heterocycles. The Balaban J connectivity index is 2.21. The molecule has 6 nitrogen and oxygen atoms in total. The second-order valence-corrected chi connectivity index (χ2v) is 6.39. The smallest absolute Gasteiger partial charge is 0.309 e. The number of ether oxygens (including phenoxy) is 1. The lowest BCUT2D eigenvalue weighted by Gasteiger charge is -2.15. The van der Waals surface area contributed by atoms with E-state index in [1.54, 1.807) is 30.3 Å². The van der Waals surface area contributed by atoms with E-state index >= 15 is 0 Å². The third-order valence-electron chi connectivity index (χ3n) is 3.84. The summed E-state index contributed by atoms with van der Waals surface area (Å²) in [5.41, 5.74) is 0.778. The molecule has 0 aromatic heterocycles. The molecule has 0 saturated heterocycles. The van der Waals surface area contributed by atoms with Crippen LogP contribution in [0.25, 0.3) is 0 Å². The van der Waals surface area contributed by atoms with Gasteiger partial charge in [0.05, 0.1) is 33.6 Å². The molecule has 2 aromatic rings. The number of hydrogen-bond donors (Lipinski definition) is 0. The Kier molecular flexibility index (Phi) is 6.71. The lowest BCUT2D eigenvalue weighted by Crippen LogP contribution is -2.22. The summed E-state index contributed by atoms with van der Waals surface area (Å²) >= 11 is 12.1. The summed E-state index contributed by atoms with van der Waals surface area (Å²) in [4.78, 5) is 34.9. The lowest BCUT2D eigenvalue weighted by molar-refractivity contribution is -0.384. The van der Waals surface area contributed by atoms with Crippen LogP contribution in [0.3, 0.4) is 0 Å². The fraction of sp³-hybridized carbons (Fsp3) is 0.222. The van der Waals surface area contributed by atoms with Gasteiger partial charge in [-0.1, -0.05) is 41.4 Å². The molecule has 0 fully saturated rings. The van der Waals surface area contributed by atoms with Crippen LogP contribution in [0.4, 0.5) is 5.69 Å². The summed E-state index contributed by atoms with van der Waals surface area (Å²) < 4.78 is 4.78. The first-order valence-corrected chi connectivity index (χ1v) is 8.37. The van der Waals surface area contributed by atoms with Gasteiger partial charge in [0.1, 0.15) is 0 Å². The van der Waals surface area contributed by atoms with E-state index in [1.165, 1.54) is 19.2 Å². The molecule has 8 heteroatoms. The number of nitro groups is 1. The van der Waals surface area contributed by atoms with Crippen LogP contribution in [-0.4, -0.2) is 23.8 Å². The van der Waals surface area contributed by atoms with Crippen molar-refractivity contribution in [1.29, 1.82) is 0 Å². The van der Waals surface area contributed by atoms with E-state index in [1.807, 2.05) is 0 Å². The molecular weight excluding hydrogens is 381 g/mol. The Bertz CT molecular complexity index is 816. The minimum Gasteiger partial charge on any atom is -0.469 e. The number of nitro benzene ring substituents is 1. The van der Waals surface area contributed by atoms with Crippen molar-refractivity contribution in [2.75, 3.05) is 7.11 Å². The zero-order valence-corrected chi connectivity index (χ0v) is 15.3. The van der Waals surface area contributed by atoms with Crippen molar-refractivity contribution < 1.29 is 19.2 Å². The number of non-ortho nitro benzene ring substituents is 1. The molecule has 0 aliphatic carbocycles. The van der Waals surface area contributed by atoms with Crippen LogP contribution in [0.2, 0.25) is 10.0 Å². The zero-order chi connectivity index (χ0) is 19.3. The van der Waals surface area contributed by atoms with Crippen LogP contribution in [-0.2, 0) is 16.0 Å². The number of esters is 1. The van der Waals surface area contributed by atoms with E-state index < -0.39 is 16.8 Å². The molecular formula is C18H15Cl2NO5. The van der Waals surface area contributed by atoms with Gasteiger partial charge >= 0.3 is 5.97 Å². The molecule has 0 amide bonds. The number of methoxy groups -OCH3 is 1. The summed E-state index contributed by atoms with van der Waals surface area (Å²) in [5, 5.41) is 11.1. The van der Waals surface area contributed by atoms with E-state index in [-0.39, 0.29) is 39.9 Å². The fourth-order valence-corrected chi connectivity index (χ4v) is 3.14. The molecule has 0 unspecified atom stereocenters. The van der Waals surface area contributed by atoms with Gasteiger partial charge in [0, 0.05) is 18.6 Å². The maximum Gasteiger partial charge on any atom is 0.309 e. The number of hydrogen-bond acceptors (Lipinski definition) is 5. The number of carbonyl (C=O) groups excluding carboxylic acids is 2. The van der Waals surface area contributed by atoms with Crippen LogP contribution in [0.1, 0.15) is 22.3 Å². The molecule has 136 valence electrons. The Morgan fingerprint density at radius 3 is 2.19 bits per heavy atom. The maximum atomic E-state index is 12.6. The maximum absolute atomic E-state index is 12.6. The normalized spacial score (nSPS) is 11.7. The number of rotatable bonds is 7. The Morgan fingerprint density at radius 2 is 1.69 bits per heavy atom. The predicted molar refractivity (Wildman–Crippen MR) is 97.7 cm³/mol. The quantitative estimate of drug-likeness (QED) is 0.298. The number of halogens is 2.